The zero-order chi connectivity index (χ0) is 10.3. The van der Waals surface area contributed by atoms with Crippen LogP contribution in [0.4, 0.5) is 0 Å². The summed E-state index contributed by atoms with van der Waals surface area (Å²) in [6.45, 7) is 0. The molecule has 2 atom stereocenters. The summed E-state index contributed by atoms with van der Waals surface area (Å²) in [7, 11) is 0. The van der Waals surface area contributed by atoms with E-state index < -0.39 is 12.1 Å². The average molecular weight is 201 g/mol. The van der Waals surface area contributed by atoms with Gasteiger partial charge in [-0.2, -0.15) is 10.1 Å². The van der Waals surface area contributed by atoms with Crippen LogP contribution in [0.3, 0.4) is 0 Å². The Balaban J connectivity index is 2.19. The highest BCUT2D eigenvalue weighted by molar-refractivity contribution is 5.70. The largest absolute Gasteiger partial charge is 0.547 e. The minimum atomic E-state index is -1.47. The van der Waals surface area contributed by atoms with Gasteiger partial charge in [0, 0.05) is 0 Å². The number of hydrogen-bond acceptors (Lipinski definition) is 6. The van der Waals surface area contributed by atoms with Crippen LogP contribution in [0.25, 0.3) is 0 Å². The third-order valence-corrected chi connectivity index (χ3v) is 3.09. The van der Waals surface area contributed by atoms with E-state index in [0.717, 1.165) is 12.8 Å². The fraction of sp³-hybridized carbons (Fsp3) is 0.875. The van der Waals surface area contributed by atoms with E-state index in [1.165, 1.54) is 0 Å². The molecule has 0 unspecified atom stereocenters. The summed E-state index contributed by atoms with van der Waals surface area (Å²) >= 11 is 0. The second-order valence-electron chi connectivity index (χ2n) is 3.87. The van der Waals surface area contributed by atoms with Gasteiger partial charge in [0.25, 0.3) is 0 Å². The van der Waals surface area contributed by atoms with E-state index in [0.29, 0.717) is 23.0 Å². The normalized spacial score (nSPS) is 35.9. The maximum atomic E-state index is 10.7. The van der Waals surface area contributed by atoms with Crippen LogP contribution in [0.1, 0.15) is 25.7 Å². The predicted octanol–water partition coefficient (Wildman–Crippen LogP) is -1.23. The van der Waals surface area contributed by atoms with Crippen molar-refractivity contribution in [3.8, 4) is 0 Å². The van der Waals surface area contributed by atoms with Gasteiger partial charge in [-0.25, -0.2) is 0 Å². The molecule has 2 N–H and O–H groups in total. The lowest BCUT2D eigenvalue weighted by Crippen LogP contribution is -2.50. The Morgan fingerprint density at radius 3 is 1.93 bits per heavy atom. The quantitative estimate of drug-likeness (QED) is 0.552. The summed E-state index contributed by atoms with van der Waals surface area (Å²) in [5.74, 6) is -1.47. The van der Waals surface area contributed by atoms with Gasteiger partial charge in [0.15, 0.2) is 0 Å². The third kappa shape index (κ3) is 1.31. The highest BCUT2D eigenvalue weighted by Crippen LogP contribution is 2.33. The Bertz CT molecular complexity index is 229. The lowest BCUT2D eigenvalue weighted by atomic mass is 9.91. The van der Waals surface area contributed by atoms with Gasteiger partial charge in [-0.15, -0.1) is 0 Å². The molecule has 80 valence electrons. The van der Waals surface area contributed by atoms with Crippen LogP contribution in [0, 0.1) is 0 Å². The van der Waals surface area contributed by atoms with Crippen molar-refractivity contribution in [2.45, 2.75) is 43.9 Å². The number of rotatable bonds is 1. The topological polar surface area (TPSA) is 87.1 Å². The number of fused-ring (bicyclic) bond motifs is 1. The first kappa shape index (κ1) is 9.85. The van der Waals surface area contributed by atoms with Crippen molar-refractivity contribution in [3.63, 3.8) is 0 Å². The zero-order valence-electron chi connectivity index (χ0n) is 7.67. The van der Waals surface area contributed by atoms with E-state index in [1.54, 1.807) is 0 Å². The number of carbonyl (C=O) groups excluding carboxylic acids is 1. The van der Waals surface area contributed by atoms with Crippen molar-refractivity contribution in [3.05, 3.63) is 0 Å². The maximum absolute atomic E-state index is 10.7. The van der Waals surface area contributed by atoms with Gasteiger partial charge >= 0.3 is 0 Å². The molecular formula is C8H13N2O4-. The molecule has 2 rings (SSSR count). The third-order valence-electron chi connectivity index (χ3n) is 3.09. The molecule has 0 radical (unpaired) electrons. The van der Waals surface area contributed by atoms with Gasteiger partial charge in [-0.3, -0.25) is 0 Å². The van der Waals surface area contributed by atoms with E-state index in [4.69, 9.17) is 0 Å². The molecule has 2 aliphatic rings. The van der Waals surface area contributed by atoms with Crippen LogP contribution >= 0.6 is 0 Å². The van der Waals surface area contributed by atoms with Crippen LogP contribution in [-0.2, 0) is 4.79 Å². The van der Waals surface area contributed by atoms with Crippen LogP contribution in [0.15, 0.2) is 0 Å². The zero-order valence-corrected chi connectivity index (χ0v) is 7.67. The van der Waals surface area contributed by atoms with Gasteiger partial charge in [0.2, 0.25) is 0 Å². The van der Waals surface area contributed by atoms with Crippen molar-refractivity contribution >= 4 is 5.97 Å². The van der Waals surface area contributed by atoms with Crippen LogP contribution < -0.4 is 5.11 Å². The van der Waals surface area contributed by atoms with Gasteiger partial charge in [0.05, 0.1) is 18.1 Å². The molecule has 0 bridgehead atoms. The highest BCUT2D eigenvalue weighted by atomic mass is 16.6. The molecule has 1 aliphatic heterocycles. The molecule has 1 saturated carbocycles. The lowest BCUT2D eigenvalue weighted by Gasteiger charge is -2.27. The summed E-state index contributed by atoms with van der Waals surface area (Å²) in [6, 6.07) is -0.562. The fourth-order valence-corrected chi connectivity index (χ4v) is 2.41. The van der Waals surface area contributed by atoms with Crippen LogP contribution in [-0.4, -0.2) is 44.8 Å². The molecule has 6 heteroatoms. The average Bonchev–Trinajstić information content (AvgIpc) is 2.41. The molecule has 1 saturated heterocycles. The molecule has 2 fully saturated rings. The van der Waals surface area contributed by atoms with Crippen molar-refractivity contribution in [2.24, 2.45) is 0 Å². The molecular weight excluding hydrogens is 188 g/mol. The Morgan fingerprint density at radius 2 is 1.57 bits per heavy atom. The standard InChI is InChI=1S/C8H14N2O4/c11-8(12)7-9(13)5-3-1-2-4-6(5)10(7)14/h5-7,13-14H,1-4H2,(H,11,12)/p-1/t5-,6-/m1/s1. The number of carboxylic acid groups (broad SMARTS) is 1. The first-order chi connectivity index (χ1) is 6.63. The number of carboxylic acids is 1. The number of nitrogens with zero attached hydrogens (tertiary/aromatic N) is 2. The first-order valence-corrected chi connectivity index (χ1v) is 4.78. The molecule has 0 aromatic rings. The lowest BCUT2D eigenvalue weighted by molar-refractivity contribution is -0.334. The molecule has 0 spiro atoms. The van der Waals surface area contributed by atoms with Gasteiger partial charge in [-0.05, 0) is 12.8 Å². The smallest absolute Gasteiger partial charge is 0.150 e. The second kappa shape index (κ2) is 3.47. The molecule has 1 aliphatic carbocycles. The molecule has 0 aromatic heterocycles. The first-order valence-electron chi connectivity index (χ1n) is 4.78. The predicted molar refractivity (Wildman–Crippen MR) is 42.1 cm³/mol. The molecule has 0 aromatic carbocycles. The minimum Gasteiger partial charge on any atom is -0.547 e. The maximum Gasteiger partial charge on any atom is 0.150 e. The van der Waals surface area contributed by atoms with Gasteiger partial charge < -0.3 is 20.3 Å². The fourth-order valence-electron chi connectivity index (χ4n) is 2.41. The molecule has 1 heterocycles. The monoisotopic (exact) mass is 201 g/mol. The Hall–Kier alpha value is -0.690. The van der Waals surface area contributed by atoms with E-state index in [1.807, 2.05) is 0 Å². The van der Waals surface area contributed by atoms with Crippen molar-refractivity contribution < 1.29 is 20.3 Å². The molecule has 6 nitrogen and oxygen atoms in total. The van der Waals surface area contributed by atoms with Crippen molar-refractivity contribution in [1.82, 2.24) is 10.1 Å². The van der Waals surface area contributed by atoms with E-state index in [-0.39, 0.29) is 12.1 Å². The molecule has 14 heavy (non-hydrogen) atoms. The van der Waals surface area contributed by atoms with Gasteiger partial charge in [-0.1, -0.05) is 12.8 Å². The second-order valence-corrected chi connectivity index (χ2v) is 3.87. The Morgan fingerprint density at radius 1 is 1.14 bits per heavy atom. The highest BCUT2D eigenvalue weighted by Gasteiger charge is 2.47. The SMILES string of the molecule is O=C([O-])C1N(O)[C@@H]2CCCC[C@H]2N1O. The number of aliphatic carboxylic acids is 1. The van der Waals surface area contributed by atoms with E-state index >= 15 is 0 Å². The Kier molecular flexibility index (Phi) is 2.44. The summed E-state index contributed by atoms with van der Waals surface area (Å²) in [4.78, 5) is 10.7. The minimum absolute atomic E-state index is 0.281. The number of hydrogen-bond donors (Lipinski definition) is 2. The van der Waals surface area contributed by atoms with Crippen LogP contribution in [0.2, 0.25) is 0 Å². The molecule has 0 amide bonds. The van der Waals surface area contributed by atoms with E-state index in [2.05, 4.69) is 0 Å². The summed E-state index contributed by atoms with van der Waals surface area (Å²) in [5, 5.41) is 31.1. The van der Waals surface area contributed by atoms with Crippen LogP contribution in [0.5, 0.6) is 0 Å². The summed E-state index contributed by atoms with van der Waals surface area (Å²) in [5.41, 5.74) is 0. The van der Waals surface area contributed by atoms with Crippen molar-refractivity contribution in [1.29, 1.82) is 0 Å². The summed E-state index contributed by atoms with van der Waals surface area (Å²) < 4.78 is 0. The van der Waals surface area contributed by atoms with Gasteiger partial charge in [0.1, 0.15) is 6.17 Å². The Labute approximate surface area is 81.3 Å². The van der Waals surface area contributed by atoms with E-state index in [9.17, 15) is 20.3 Å². The number of hydroxylamine groups is 4. The summed E-state index contributed by atoms with van der Waals surface area (Å²) in [6.07, 6.45) is 1.91. The number of carbonyl (C=O) groups is 1. The van der Waals surface area contributed by atoms with Crippen molar-refractivity contribution in [2.75, 3.05) is 0 Å².